The van der Waals surface area contributed by atoms with Crippen LogP contribution in [0.25, 0.3) is 0 Å². The lowest BCUT2D eigenvalue weighted by atomic mass is 10.2. The number of hydrogen-bond donors (Lipinski definition) is 2. The molecule has 2 rings (SSSR count). The predicted molar refractivity (Wildman–Crippen MR) is 70.8 cm³/mol. The number of nitrogens with zero attached hydrogens (tertiary/aromatic N) is 1. The number of rotatable bonds is 4. The van der Waals surface area contributed by atoms with Crippen LogP contribution in [0.1, 0.15) is 29.6 Å². The Morgan fingerprint density at radius 3 is 2.70 bits per heavy atom. The van der Waals surface area contributed by atoms with Gasteiger partial charge in [-0.2, -0.15) is 0 Å². The average molecular weight is 280 g/mol. The summed E-state index contributed by atoms with van der Waals surface area (Å²) >= 11 is 0. The molecule has 1 aromatic rings. The maximum absolute atomic E-state index is 13.0. The fourth-order valence-corrected chi connectivity index (χ4v) is 2.19. The third kappa shape index (κ3) is 3.46. The van der Waals surface area contributed by atoms with Gasteiger partial charge in [0.25, 0.3) is 5.91 Å². The highest BCUT2D eigenvalue weighted by molar-refractivity contribution is 5.97. The first-order valence-electron chi connectivity index (χ1n) is 6.62. The summed E-state index contributed by atoms with van der Waals surface area (Å²) in [5.74, 6) is -1.46. The summed E-state index contributed by atoms with van der Waals surface area (Å²) in [4.78, 5) is 25.3. The van der Waals surface area contributed by atoms with Gasteiger partial charge in [-0.3, -0.25) is 9.59 Å². The molecule has 0 unspecified atom stereocenters. The Bertz CT molecular complexity index is 513. The monoisotopic (exact) mass is 280 g/mol. The summed E-state index contributed by atoms with van der Waals surface area (Å²) in [5.41, 5.74) is -0.126. The van der Waals surface area contributed by atoms with Crippen molar-refractivity contribution >= 4 is 11.8 Å². The lowest BCUT2D eigenvalue weighted by Gasteiger charge is -2.15. The molecule has 0 atom stereocenters. The topological polar surface area (TPSA) is 69.6 Å². The van der Waals surface area contributed by atoms with Gasteiger partial charge in [-0.25, -0.2) is 4.39 Å². The molecule has 1 aliphatic rings. The van der Waals surface area contributed by atoms with E-state index in [1.807, 2.05) is 0 Å². The number of phenols is 1. The molecule has 1 fully saturated rings. The van der Waals surface area contributed by atoms with E-state index in [2.05, 4.69) is 5.32 Å². The van der Waals surface area contributed by atoms with Gasteiger partial charge >= 0.3 is 0 Å². The summed E-state index contributed by atoms with van der Waals surface area (Å²) in [6.45, 7) is 1.72. The molecule has 0 bridgehead atoms. The third-order valence-electron chi connectivity index (χ3n) is 3.29. The number of halogens is 1. The summed E-state index contributed by atoms with van der Waals surface area (Å²) < 4.78 is 13.0. The molecule has 0 saturated carbocycles. The smallest absolute Gasteiger partial charge is 0.255 e. The minimum Gasteiger partial charge on any atom is -0.507 e. The van der Waals surface area contributed by atoms with E-state index in [-0.39, 0.29) is 30.2 Å². The van der Waals surface area contributed by atoms with Crippen LogP contribution in [0.15, 0.2) is 18.2 Å². The van der Waals surface area contributed by atoms with E-state index in [1.54, 1.807) is 4.90 Å². The first-order chi connectivity index (χ1) is 9.58. The summed E-state index contributed by atoms with van der Waals surface area (Å²) in [7, 11) is 0. The van der Waals surface area contributed by atoms with Gasteiger partial charge in [-0.05, 0) is 31.0 Å². The highest BCUT2D eigenvalue weighted by atomic mass is 19.1. The highest BCUT2D eigenvalue weighted by Gasteiger charge is 2.18. The van der Waals surface area contributed by atoms with Crippen molar-refractivity contribution in [3.05, 3.63) is 29.6 Å². The van der Waals surface area contributed by atoms with Crippen LogP contribution in [0, 0.1) is 5.82 Å². The first-order valence-corrected chi connectivity index (χ1v) is 6.62. The van der Waals surface area contributed by atoms with Gasteiger partial charge in [0.05, 0.1) is 5.56 Å². The Balaban J connectivity index is 1.83. The lowest BCUT2D eigenvalue weighted by Crippen LogP contribution is -2.32. The Labute approximate surface area is 116 Å². The van der Waals surface area contributed by atoms with E-state index >= 15 is 0 Å². The zero-order valence-electron chi connectivity index (χ0n) is 11.1. The second kappa shape index (κ2) is 6.36. The Morgan fingerprint density at radius 2 is 2.00 bits per heavy atom. The molecule has 6 heteroatoms. The number of benzene rings is 1. The second-order valence-electron chi connectivity index (χ2n) is 4.76. The average Bonchev–Trinajstić information content (AvgIpc) is 2.95. The molecular weight excluding hydrogens is 263 g/mol. The SMILES string of the molecule is O=C(NCCC(=O)N1CCCC1)c1cc(F)ccc1O. The van der Waals surface area contributed by atoms with Crippen LogP contribution < -0.4 is 5.32 Å². The summed E-state index contributed by atoms with van der Waals surface area (Å²) in [6, 6.07) is 3.16. The Hall–Kier alpha value is -2.11. The zero-order valence-corrected chi connectivity index (χ0v) is 11.1. The molecule has 20 heavy (non-hydrogen) atoms. The molecule has 1 aliphatic heterocycles. The molecule has 2 N–H and O–H groups in total. The predicted octanol–water partition coefficient (Wildman–Crippen LogP) is 1.27. The second-order valence-corrected chi connectivity index (χ2v) is 4.76. The molecule has 5 nitrogen and oxygen atoms in total. The van der Waals surface area contributed by atoms with Crippen LogP contribution in [0.2, 0.25) is 0 Å². The zero-order chi connectivity index (χ0) is 14.5. The molecule has 1 saturated heterocycles. The van der Waals surface area contributed by atoms with Crippen molar-refractivity contribution in [2.45, 2.75) is 19.3 Å². The molecule has 0 radical (unpaired) electrons. The number of carbonyl (C=O) groups excluding carboxylic acids is 2. The fraction of sp³-hybridized carbons (Fsp3) is 0.429. The quantitative estimate of drug-likeness (QED) is 0.872. The van der Waals surface area contributed by atoms with Crippen molar-refractivity contribution in [1.29, 1.82) is 0 Å². The van der Waals surface area contributed by atoms with E-state index in [4.69, 9.17) is 0 Å². The van der Waals surface area contributed by atoms with Gasteiger partial charge in [0.15, 0.2) is 0 Å². The molecule has 1 aromatic carbocycles. The van der Waals surface area contributed by atoms with E-state index in [9.17, 15) is 19.1 Å². The van der Waals surface area contributed by atoms with Gasteiger partial charge in [0, 0.05) is 26.1 Å². The van der Waals surface area contributed by atoms with Crippen molar-refractivity contribution in [3.63, 3.8) is 0 Å². The molecule has 1 heterocycles. The van der Waals surface area contributed by atoms with Gasteiger partial charge in [-0.1, -0.05) is 0 Å². The van der Waals surface area contributed by atoms with E-state index in [1.165, 1.54) is 0 Å². The van der Waals surface area contributed by atoms with E-state index in [0.29, 0.717) is 0 Å². The number of phenolic OH excluding ortho intramolecular Hbond substituents is 1. The largest absolute Gasteiger partial charge is 0.507 e. The first kappa shape index (κ1) is 14.3. The summed E-state index contributed by atoms with van der Waals surface area (Å²) in [6.07, 6.45) is 2.26. The minimum absolute atomic E-state index is 0.00580. The van der Waals surface area contributed by atoms with Gasteiger partial charge in [-0.15, -0.1) is 0 Å². The number of hydrogen-bond acceptors (Lipinski definition) is 3. The molecule has 2 amide bonds. The van der Waals surface area contributed by atoms with Crippen molar-refractivity contribution < 1.29 is 19.1 Å². The van der Waals surface area contributed by atoms with Crippen LogP contribution in [0.5, 0.6) is 5.75 Å². The molecular formula is C14H17FN2O3. The number of aromatic hydroxyl groups is 1. The van der Waals surface area contributed by atoms with Crippen molar-refractivity contribution in [3.8, 4) is 5.75 Å². The van der Waals surface area contributed by atoms with Crippen LogP contribution in [-0.4, -0.2) is 41.5 Å². The summed E-state index contributed by atoms with van der Waals surface area (Å²) in [5, 5.41) is 12.0. The number of likely N-dealkylation sites (tertiary alicyclic amines) is 1. The van der Waals surface area contributed by atoms with Gasteiger partial charge in [0.2, 0.25) is 5.91 Å². The number of nitrogens with one attached hydrogen (secondary N) is 1. The van der Waals surface area contributed by atoms with Crippen LogP contribution in [0.3, 0.4) is 0 Å². The number of amides is 2. The maximum atomic E-state index is 13.0. The van der Waals surface area contributed by atoms with Gasteiger partial charge in [0.1, 0.15) is 11.6 Å². The highest BCUT2D eigenvalue weighted by Crippen LogP contribution is 2.17. The third-order valence-corrected chi connectivity index (χ3v) is 3.29. The van der Waals surface area contributed by atoms with Crippen molar-refractivity contribution in [2.24, 2.45) is 0 Å². The van der Waals surface area contributed by atoms with Crippen LogP contribution >= 0.6 is 0 Å². The Kier molecular flexibility index (Phi) is 4.55. The lowest BCUT2D eigenvalue weighted by molar-refractivity contribution is -0.129. The molecule has 0 spiro atoms. The van der Waals surface area contributed by atoms with E-state index < -0.39 is 11.7 Å². The van der Waals surface area contributed by atoms with Crippen molar-refractivity contribution in [2.75, 3.05) is 19.6 Å². The standard InChI is InChI=1S/C14H17FN2O3/c15-10-3-4-12(18)11(9-10)14(20)16-6-5-13(19)17-7-1-2-8-17/h3-4,9,18H,1-2,5-8H2,(H,16,20). The minimum atomic E-state index is -0.596. The molecule has 0 aliphatic carbocycles. The number of carbonyl (C=O) groups is 2. The molecule has 108 valence electrons. The van der Waals surface area contributed by atoms with E-state index in [0.717, 1.165) is 44.1 Å². The fourth-order valence-electron chi connectivity index (χ4n) is 2.19. The van der Waals surface area contributed by atoms with Crippen molar-refractivity contribution in [1.82, 2.24) is 10.2 Å². The molecule has 0 aromatic heterocycles. The van der Waals surface area contributed by atoms with Gasteiger partial charge < -0.3 is 15.3 Å². The van der Waals surface area contributed by atoms with Crippen LogP contribution in [0.4, 0.5) is 4.39 Å². The normalized spacial score (nSPS) is 14.3. The van der Waals surface area contributed by atoms with Crippen LogP contribution in [-0.2, 0) is 4.79 Å². The maximum Gasteiger partial charge on any atom is 0.255 e. The Morgan fingerprint density at radius 1 is 1.30 bits per heavy atom.